The van der Waals surface area contributed by atoms with Gasteiger partial charge >= 0.3 is 12.0 Å². The molecule has 1 atom stereocenters. The fourth-order valence-corrected chi connectivity index (χ4v) is 4.03. The third-order valence-corrected chi connectivity index (χ3v) is 5.36. The van der Waals surface area contributed by atoms with E-state index in [1.54, 1.807) is 0 Å². The zero-order valence-electron chi connectivity index (χ0n) is 13.6. The number of urea groups is 1. The summed E-state index contributed by atoms with van der Waals surface area (Å²) < 4.78 is 0. The number of hydrogen-bond acceptors (Lipinski definition) is 4. The molecule has 2 saturated heterocycles. The van der Waals surface area contributed by atoms with Gasteiger partial charge in [-0.1, -0.05) is 12.8 Å². The largest absolute Gasteiger partial charge is 0.480 e. The molecule has 2 heterocycles. The van der Waals surface area contributed by atoms with Crippen LogP contribution < -0.4 is 5.32 Å². The number of aliphatic carboxylic acids is 1. The number of carboxylic acid groups (broad SMARTS) is 1. The van der Waals surface area contributed by atoms with E-state index in [9.17, 15) is 24.3 Å². The summed E-state index contributed by atoms with van der Waals surface area (Å²) in [4.78, 5) is 50.8. The second-order valence-electron chi connectivity index (χ2n) is 6.86. The molecule has 1 aliphatic carbocycles. The SMILES string of the molecule is O=C(O)C1CCCCN1C(=O)CCN1C(=O)NC2(CCCC2)C1=O. The first kappa shape index (κ1) is 16.7. The Morgan fingerprint density at radius 3 is 2.54 bits per heavy atom. The summed E-state index contributed by atoms with van der Waals surface area (Å²) >= 11 is 0. The van der Waals surface area contributed by atoms with Crippen LogP contribution in [-0.2, 0) is 14.4 Å². The molecular weight excluding hydrogens is 314 g/mol. The van der Waals surface area contributed by atoms with Crippen LogP contribution in [0.3, 0.4) is 0 Å². The average Bonchev–Trinajstić information content (AvgIpc) is 3.12. The van der Waals surface area contributed by atoms with Gasteiger partial charge < -0.3 is 15.3 Å². The van der Waals surface area contributed by atoms with Crippen molar-refractivity contribution >= 4 is 23.8 Å². The van der Waals surface area contributed by atoms with Crippen molar-refractivity contribution in [3.8, 4) is 0 Å². The van der Waals surface area contributed by atoms with Gasteiger partial charge in [0.1, 0.15) is 11.6 Å². The summed E-state index contributed by atoms with van der Waals surface area (Å²) in [6.07, 6.45) is 5.11. The smallest absolute Gasteiger partial charge is 0.326 e. The Morgan fingerprint density at radius 1 is 1.17 bits per heavy atom. The molecule has 132 valence electrons. The number of carboxylic acids is 1. The van der Waals surface area contributed by atoms with Gasteiger partial charge in [0.2, 0.25) is 5.91 Å². The van der Waals surface area contributed by atoms with E-state index < -0.39 is 23.6 Å². The highest BCUT2D eigenvalue weighted by Gasteiger charge is 2.52. The number of carbonyl (C=O) groups is 4. The molecule has 3 fully saturated rings. The van der Waals surface area contributed by atoms with Crippen LogP contribution >= 0.6 is 0 Å². The van der Waals surface area contributed by atoms with Crippen LogP contribution in [0.15, 0.2) is 0 Å². The van der Waals surface area contributed by atoms with Crippen molar-refractivity contribution in [2.45, 2.75) is 62.9 Å². The van der Waals surface area contributed by atoms with Gasteiger partial charge in [-0.05, 0) is 32.1 Å². The maximum Gasteiger partial charge on any atom is 0.326 e. The molecular formula is C16H23N3O5. The van der Waals surface area contributed by atoms with Crippen LogP contribution in [0, 0.1) is 0 Å². The van der Waals surface area contributed by atoms with Gasteiger partial charge in [-0.15, -0.1) is 0 Å². The predicted molar refractivity (Wildman–Crippen MR) is 83.0 cm³/mol. The first-order chi connectivity index (χ1) is 11.4. The Bertz CT molecular complexity index is 570. The highest BCUT2D eigenvalue weighted by molar-refractivity contribution is 6.07. The maximum absolute atomic E-state index is 12.5. The predicted octanol–water partition coefficient (Wildman–Crippen LogP) is 0.707. The minimum Gasteiger partial charge on any atom is -0.480 e. The number of piperidine rings is 1. The molecule has 3 rings (SSSR count). The van der Waals surface area contributed by atoms with Crippen molar-refractivity contribution in [1.82, 2.24) is 15.1 Å². The summed E-state index contributed by atoms with van der Waals surface area (Å²) in [5, 5.41) is 12.0. The minimum atomic E-state index is -0.997. The number of nitrogens with one attached hydrogen (secondary N) is 1. The van der Waals surface area contributed by atoms with Gasteiger partial charge in [0.05, 0.1) is 0 Å². The van der Waals surface area contributed by atoms with E-state index >= 15 is 0 Å². The minimum absolute atomic E-state index is 0.00802. The summed E-state index contributed by atoms with van der Waals surface area (Å²) in [6.45, 7) is 0.425. The van der Waals surface area contributed by atoms with Crippen LogP contribution in [0.25, 0.3) is 0 Å². The lowest BCUT2D eigenvalue weighted by atomic mass is 9.98. The van der Waals surface area contributed by atoms with E-state index in [1.165, 1.54) is 4.90 Å². The van der Waals surface area contributed by atoms with Gasteiger partial charge in [0, 0.05) is 19.5 Å². The highest BCUT2D eigenvalue weighted by Crippen LogP contribution is 2.35. The molecule has 1 unspecified atom stereocenters. The average molecular weight is 337 g/mol. The van der Waals surface area contributed by atoms with Crippen molar-refractivity contribution in [2.24, 2.45) is 0 Å². The lowest BCUT2D eigenvalue weighted by Gasteiger charge is -2.33. The highest BCUT2D eigenvalue weighted by atomic mass is 16.4. The third-order valence-electron chi connectivity index (χ3n) is 5.36. The molecule has 0 aromatic heterocycles. The zero-order chi connectivity index (χ0) is 17.3. The van der Waals surface area contributed by atoms with E-state index in [0.717, 1.165) is 30.6 Å². The number of rotatable bonds is 4. The zero-order valence-corrected chi connectivity index (χ0v) is 13.6. The van der Waals surface area contributed by atoms with Crippen LogP contribution in [0.5, 0.6) is 0 Å². The second-order valence-corrected chi connectivity index (χ2v) is 6.86. The fourth-order valence-electron chi connectivity index (χ4n) is 4.03. The molecule has 2 aliphatic heterocycles. The number of likely N-dealkylation sites (tertiary alicyclic amines) is 1. The van der Waals surface area contributed by atoms with E-state index in [0.29, 0.717) is 25.8 Å². The molecule has 3 aliphatic rings. The molecule has 0 aromatic rings. The van der Waals surface area contributed by atoms with Crippen molar-refractivity contribution in [2.75, 3.05) is 13.1 Å². The molecule has 0 bridgehead atoms. The summed E-state index contributed by atoms with van der Waals surface area (Å²) in [6, 6.07) is -1.24. The normalized spacial score (nSPS) is 26.1. The Morgan fingerprint density at radius 2 is 1.88 bits per heavy atom. The Labute approximate surface area is 140 Å². The van der Waals surface area contributed by atoms with Crippen LogP contribution in [-0.4, -0.2) is 63.4 Å². The second kappa shape index (κ2) is 6.41. The van der Waals surface area contributed by atoms with E-state index in [-0.39, 0.29) is 24.8 Å². The van der Waals surface area contributed by atoms with Crippen molar-refractivity contribution in [1.29, 1.82) is 0 Å². The van der Waals surface area contributed by atoms with E-state index in [2.05, 4.69) is 5.32 Å². The Hall–Kier alpha value is -2.12. The summed E-state index contributed by atoms with van der Waals surface area (Å²) in [5.74, 6) is -1.55. The van der Waals surface area contributed by atoms with Gasteiger partial charge in [-0.3, -0.25) is 14.5 Å². The monoisotopic (exact) mass is 337 g/mol. The van der Waals surface area contributed by atoms with Gasteiger partial charge in [-0.2, -0.15) is 0 Å². The quantitative estimate of drug-likeness (QED) is 0.735. The maximum atomic E-state index is 12.5. The summed E-state index contributed by atoms with van der Waals surface area (Å²) in [7, 11) is 0. The first-order valence-corrected chi connectivity index (χ1v) is 8.61. The molecule has 4 amide bonds. The first-order valence-electron chi connectivity index (χ1n) is 8.61. The Balaban J connectivity index is 1.60. The number of hydrogen-bond donors (Lipinski definition) is 2. The number of carbonyl (C=O) groups excluding carboxylic acids is 3. The third kappa shape index (κ3) is 2.85. The van der Waals surface area contributed by atoms with Crippen molar-refractivity contribution < 1.29 is 24.3 Å². The standard InChI is InChI=1S/C16H23N3O5/c20-12(18-9-4-1-5-11(18)13(21)22)6-10-19-14(23)16(17-15(19)24)7-2-3-8-16/h11H,1-10H2,(H,17,24)(H,21,22). The molecule has 1 saturated carbocycles. The van der Waals surface area contributed by atoms with E-state index in [1.807, 2.05) is 0 Å². The Kier molecular flexibility index (Phi) is 4.47. The number of nitrogens with zero attached hydrogens (tertiary/aromatic N) is 2. The van der Waals surface area contributed by atoms with Crippen molar-refractivity contribution in [3.63, 3.8) is 0 Å². The fraction of sp³-hybridized carbons (Fsp3) is 0.750. The number of imide groups is 1. The van der Waals surface area contributed by atoms with Gasteiger partial charge in [0.15, 0.2) is 0 Å². The van der Waals surface area contributed by atoms with E-state index in [4.69, 9.17) is 0 Å². The van der Waals surface area contributed by atoms with Crippen LogP contribution in [0.2, 0.25) is 0 Å². The molecule has 8 nitrogen and oxygen atoms in total. The van der Waals surface area contributed by atoms with Gasteiger partial charge in [-0.25, -0.2) is 9.59 Å². The van der Waals surface area contributed by atoms with Crippen molar-refractivity contribution in [3.05, 3.63) is 0 Å². The molecule has 2 N–H and O–H groups in total. The summed E-state index contributed by atoms with van der Waals surface area (Å²) in [5.41, 5.74) is -0.769. The number of amides is 4. The lowest BCUT2D eigenvalue weighted by molar-refractivity contribution is -0.152. The molecule has 8 heteroatoms. The lowest BCUT2D eigenvalue weighted by Crippen LogP contribution is -2.49. The molecule has 0 radical (unpaired) electrons. The van der Waals surface area contributed by atoms with Gasteiger partial charge in [0.25, 0.3) is 5.91 Å². The molecule has 1 spiro atoms. The van der Waals surface area contributed by atoms with Crippen LogP contribution in [0.1, 0.15) is 51.4 Å². The van der Waals surface area contributed by atoms with Crippen LogP contribution in [0.4, 0.5) is 4.79 Å². The molecule has 0 aromatic carbocycles. The molecule has 24 heavy (non-hydrogen) atoms. The topological polar surface area (TPSA) is 107 Å².